The molecule has 0 bridgehead atoms. The van der Waals surface area contributed by atoms with Gasteiger partial charge < -0.3 is 10.1 Å². The zero-order valence-corrected chi connectivity index (χ0v) is 16.6. The molecule has 1 N–H and O–H groups in total. The predicted molar refractivity (Wildman–Crippen MR) is 111 cm³/mol. The largest absolute Gasteiger partial charge is 0.381 e. The number of hydrogen-bond acceptors (Lipinski definition) is 2. The standard InChI is InChI=1S/C22H26ClNO.ClH/c23-20-7-5-18(6-8-20)17-1-3-19(4-2-17)21-15-22(21)24-12-9-16-10-13-25-14-11-16;/h1-8,16,21-22,24H,9-15H2;1H/t21-,22+;/m1./s1. The van der Waals surface area contributed by atoms with Gasteiger partial charge in [-0.2, -0.15) is 0 Å². The number of ether oxygens (including phenoxy) is 1. The molecule has 2 aromatic carbocycles. The van der Waals surface area contributed by atoms with E-state index in [0.717, 1.165) is 30.7 Å². The molecule has 0 amide bonds. The van der Waals surface area contributed by atoms with E-state index < -0.39 is 0 Å². The minimum Gasteiger partial charge on any atom is -0.381 e. The van der Waals surface area contributed by atoms with Crippen molar-refractivity contribution in [1.82, 2.24) is 5.32 Å². The molecule has 1 aliphatic heterocycles. The molecule has 4 heteroatoms. The van der Waals surface area contributed by atoms with Crippen LogP contribution in [0.25, 0.3) is 11.1 Å². The Morgan fingerprint density at radius 3 is 2.19 bits per heavy atom. The molecule has 140 valence electrons. The normalized spacial score (nSPS) is 22.7. The molecule has 0 aromatic heterocycles. The highest BCUT2D eigenvalue weighted by Crippen LogP contribution is 2.41. The minimum atomic E-state index is 0. The van der Waals surface area contributed by atoms with E-state index in [4.69, 9.17) is 16.3 Å². The van der Waals surface area contributed by atoms with Crippen molar-refractivity contribution in [2.24, 2.45) is 5.92 Å². The first-order chi connectivity index (χ1) is 12.3. The molecule has 2 nitrogen and oxygen atoms in total. The van der Waals surface area contributed by atoms with Crippen LogP contribution in [0.5, 0.6) is 0 Å². The fraction of sp³-hybridized carbons (Fsp3) is 0.455. The number of nitrogens with one attached hydrogen (secondary N) is 1. The van der Waals surface area contributed by atoms with Crippen LogP contribution in [0.4, 0.5) is 0 Å². The Labute approximate surface area is 167 Å². The fourth-order valence-corrected chi connectivity index (χ4v) is 3.99. The Morgan fingerprint density at radius 2 is 1.54 bits per heavy atom. The van der Waals surface area contributed by atoms with E-state index in [2.05, 4.69) is 41.7 Å². The van der Waals surface area contributed by atoms with Gasteiger partial charge in [-0.05, 0) is 67.0 Å². The summed E-state index contributed by atoms with van der Waals surface area (Å²) >= 11 is 5.97. The maximum absolute atomic E-state index is 5.97. The van der Waals surface area contributed by atoms with Crippen LogP contribution in [-0.4, -0.2) is 25.8 Å². The van der Waals surface area contributed by atoms with Crippen LogP contribution in [0.15, 0.2) is 48.5 Å². The minimum absolute atomic E-state index is 0. The van der Waals surface area contributed by atoms with Crippen molar-refractivity contribution in [1.29, 1.82) is 0 Å². The molecule has 0 spiro atoms. The van der Waals surface area contributed by atoms with Gasteiger partial charge in [0.2, 0.25) is 0 Å². The maximum Gasteiger partial charge on any atom is 0.0468 e. The third kappa shape index (κ3) is 5.01. The third-order valence-electron chi connectivity index (χ3n) is 5.61. The van der Waals surface area contributed by atoms with Crippen molar-refractivity contribution in [2.75, 3.05) is 19.8 Å². The van der Waals surface area contributed by atoms with Crippen LogP contribution < -0.4 is 5.32 Å². The average molecular weight is 392 g/mol. The van der Waals surface area contributed by atoms with Gasteiger partial charge in [-0.1, -0.05) is 48.0 Å². The van der Waals surface area contributed by atoms with E-state index in [1.54, 1.807) is 0 Å². The summed E-state index contributed by atoms with van der Waals surface area (Å²) in [5.41, 5.74) is 3.93. The lowest BCUT2D eigenvalue weighted by Crippen LogP contribution is -2.24. The van der Waals surface area contributed by atoms with Gasteiger partial charge >= 0.3 is 0 Å². The lowest BCUT2D eigenvalue weighted by Gasteiger charge is -2.21. The van der Waals surface area contributed by atoms with E-state index in [1.807, 2.05) is 12.1 Å². The van der Waals surface area contributed by atoms with Gasteiger partial charge in [0.25, 0.3) is 0 Å². The zero-order chi connectivity index (χ0) is 17.1. The SMILES string of the molecule is Cl.Clc1ccc(-c2ccc([C@H]3C[C@@H]3NCCC3CCOCC3)cc2)cc1. The lowest BCUT2D eigenvalue weighted by atomic mass is 9.97. The number of rotatable bonds is 6. The number of halogens is 2. The van der Waals surface area contributed by atoms with Crippen molar-refractivity contribution in [3.8, 4) is 11.1 Å². The topological polar surface area (TPSA) is 21.3 Å². The summed E-state index contributed by atoms with van der Waals surface area (Å²) < 4.78 is 5.43. The van der Waals surface area contributed by atoms with E-state index in [1.165, 1.54) is 42.4 Å². The van der Waals surface area contributed by atoms with E-state index in [-0.39, 0.29) is 12.4 Å². The van der Waals surface area contributed by atoms with Crippen molar-refractivity contribution >= 4 is 24.0 Å². The Balaban J connectivity index is 0.00000196. The van der Waals surface area contributed by atoms with Crippen molar-refractivity contribution in [3.63, 3.8) is 0 Å². The van der Waals surface area contributed by atoms with E-state index in [0.29, 0.717) is 12.0 Å². The van der Waals surface area contributed by atoms with Gasteiger partial charge in [0, 0.05) is 30.2 Å². The van der Waals surface area contributed by atoms with Crippen molar-refractivity contribution in [3.05, 3.63) is 59.1 Å². The fourth-order valence-electron chi connectivity index (χ4n) is 3.86. The molecule has 0 unspecified atom stereocenters. The van der Waals surface area contributed by atoms with E-state index >= 15 is 0 Å². The first kappa shape index (κ1) is 19.7. The summed E-state index contributed by atoms with van der Waals surface area (Å²) in [6, 6.07) is 17.8. The predicted octanol–water partition coefficient (Wildman–Crippen LogP) is 5.69. The number of benzene rings is 2. The molecule has 2 fully saturated rings. The Kier molecular flexibility index (Phi) is 6.99. The molecule has 2 aliphatic rings. The van der Waals surface area contributed by atoms with Crippen molar-refractivity contribution in [2.45, 2.75) is 37.6 Å². The second-order valence-electron chi connectivity index (χ2n) is 7.38. The summed E-state index contributed by atoms with van der Waals surface area (Å²) in [7, 11) is 0. The van der Waals surface area contributed by atoms with Gasteiger partial charge in [-0.15, -0.1) is 12.4 Å². The molecule has 0 radical (unpaired) electrons. The van der Waals surface area contributed by atoms with Crippen molar-refractivity contribution < 1.29 is 4.74 Å². The smallest absolute Gasteiger partial charge is 0.0468 e. The quantitative estimate of drug-likeness (QED) is 0.682. The highest BCUT2D eigenvalue weighted by molar-refractivity contribution is 6.30. The highest BCUT2D eigenvalue weighted by atomic mass is 35.5. The molecule has 1 saturated carbocycles. The Hall–Kier alpha value is -1.06. The van der Waals surface area contributed by atoms with Crippen LogP contribution >= 0.6 is 24.0 Å². The van der Waals surface area contributed by atoms with Crippen LogP contribution in [-0.2, 0) is 4.74 Å². The average Bonchev–Trinajstić information content (AvgIpc) is 3.43. The van der Waals surface area contributed by atoms with E-state index in [9.17, 15) is 0 Å². The summed E-state index contributed by atoms with van der Waals surface area (Å²) in [6.07, 6.45) is 5.04. The molecule has 26 heavy (non-hydrogen) atoms. The Morgan fingerprint density at radius 1 is 0.923 bits per heavy atom. The molecule has 1 saturated heterocycles. The van der Waals surface area contributed by atoms with Gasteiger partial charge in [-0.25, -0.2) is 0 Å². The molecule has 1 aliphatic carbocycles. The van der Waals surface area contributed by atoms with Gasteiger partial charge in [-0.3, -0.25) is 0 Å². The van der Waals surface area contributed by atoms with Crippen LogP contribution in [0, 0.1) is 5.92 Å². The van der Waals surface area contributed by atoms with Crippen LogP contribution in [0.2, 0.25) is 5.02 Å². The molecule has 2 aromatic rings. The molecular formula is C22H27Cl2NO. The second kappa shape index (κ2) is 9.23. The van der Waals surface area contributed by atoms with Crippen LogP contribution in [0.1, 0.15) is 37.2 Å². The zero-order valence-electron chi connectivity index (χ0n) is 15.0. The first-order valence-corrected chi connectivity index (χ1v) is 9.84. The lowest BCUT2D eigenvalue weighted by molar-refractivity contribution is 0.0639. The summed E-state index contributed by atoms with van der Waals surface area (Å²) in [6.45, 7) is 3.06. The monoisotopic (exact) mass is 391 g/mol. The molecule has 4 rings (SSSR count). The molecular weight excluding hydrogens is 365 g/mol. The summed E-state index contributed by atoms with van der Waals surface area (Å²) in [5.74, 6) is 1.55. The summed E-state index contributed by atoms with van der Waals surface area (Å²) in [5, 5.41) is 4.53. The second-order valence-corrected chi connectivity index (χ2v) is 7.81. The van der Waals surface area contributed by atoms with Gasteiger partial charge in [0.05, 0.1) is 0 Å². The Bertz CT molecular complexity index is 680. The van der Waals surface area contributed by atoms with Gasteiger partial charge in [0.15, 0.2) is 0 Å². The molecule has 2 atom stereocenters. The summed E-state index contributed by atoms with van der Waals surface area (Å²) in [4.78, 5) is 0. The maximum atomic E-state index is 5.97. The van der Waals surface area contributed by atoms with Gasteiger partial charge in [0.1, 0.15) is 0 Å². The first-order valence-electron chi connectivity index (χ1n) is 9.46. The van der Waals surface area contributed by atoms with Crippen LogP contribution in [0.3, 0.4) is 0 Å². The number of hydrogen-bond donors (Lipinski definition) is 1. The highest BCUT2D eigenvalue weighted by Gasteiger charge is 2.37. The third-order valence-corrected chi connectivity index (χ3v) is 5.86. The molecule has 1 heterocycles.